The number of benzene rings is 1. The van der Waals surface area contributed by atoms with Crippen molar-refractivity contribution in [1.82, 2.24) is 5.32 Å². The van der Waals surface area contributed by atoms with Gasteiger partial charge in [0.2, 0.25) is 0 Å². The summed E-state index contributed by atoms with van der Waals surface area (Å²) in [5, 5.41) is 13.6. The van der Waals surface area contributed by atoms with Crippen LogP contribution >= 0.6 is 0 Å². The number of carbonyl (C=O) groups excluding carboxylic acids is 1. The van der Waals surface area contributed by atoms with E-state index in [2.05, 4.69) is 5.32 Å². The van der Waals surface area contributed by atoms with Crippen LogP contribution in [0.2, 0.25) is 0 Å². The van der Waals surface area contributed by atoms with E-state index in [0.717, 1.165) is 16.7 Å². The summed E-state index contributed by atoms with van der Waals surface area (Å²) in [6.45, 7) is 5.69. The third-order valence-electron chi connectivity index (χ3n) is 5.50. The van der Waals surface area contributed by atoms with E-state index >= 15 is 0 Å². The molecule has 2 aliphatic rings. The minimum absolute atomic E-state index is 0.0903. The van der Waals surface area contributed by atoms with Crippen molar-refractivity contribution in [3.8, 4) is 0 Å². The number of hydrogen-bond acceptors (Lipinski definition) is 2. The molecule has 1 aliphatic heterocycles. The lowest BCUT2D eigenvalue weighted by Crippen LogP contribution is -2.48. The summed E-state index contributed by atoms with van der Waals surface area (Å²) in [4.78, 5) is 12.6. The van der Waals surface area contributed by atoms with Crippen LogP contribution in [-0.2, 0) is 4.79 Å². The van der Waals surface area contributed by atoms with Gasteiger partial charge in [-0.05, 0) is 63.1 Å². The Morgan fingerprint density at radius 3 is 2.12 bits per heavy atom. The Labute approximate surface area is 144 Å². The Kier molecular flexibility index (Phi) is 4.12. The van der Waals surface area contributed by atoms with Crippen LogP contribution in [0.3, 0.4) is 0 Å². The standard InChI is InChI=1S/C19H22F3NO2/c1-10-8-11(2)14(12(3)9-10)15-16(24)18(23-17(15)25)6-4-13(5-7-18)19(20,21)22/h8-9,13,24H,4-7H2,1-3H3,(H,23,25). The summed E-state index contributed by atoms with van der Waals surface area (Å²) in [5.41, 5.74) is 2.62. The number of alkyl halides is 3. The summed E-state index contributed by atoms with van der Waals surface area (Å²) in [5.74, 6) is -1.87. The molecule has 3 rings (SSSR count). The van der Waals surface area contributed by atoms with Gasteiger partial charge in [0.15, 0.2) is 0 Å². The molecule has 3 nitrogen and oxygen atoms in total. The Balaban J connectivity index is 1.99. The van der Waals surface area contributed by atoms with E-state index in [1.54, 1.807) is 0 Å². The number of aryl methyl sites for hydroxylation is 3. The van der Waals surface area contributed by atoms with Crippen LogP contribution in [0.25, 0.3) is 5.57 Å². The van der Waals surface area contributed by atoms with Crippen LogP contribution in [0, 0.1) is 26.7 Å². The predicted octanol–water partition coefficient (Wildman–Crippen LogP) is 4.50. The minimum atomic E-state index is -4.23. The molecule has 1 amide bonds. The van der Waals surface area contributed by atoms with Gasteiger partial charge in [-0.2, -0.15) is 13.2 Å². The second kappa shape index (κ2) is 5.78. The molecule has 2 N–H and O–H groups in total. The molecule has 0 aromatic heterocycles. The molecule has 1 fully saturated rings. The van der Waals surface area contributed by atoms with Gasteiger partial charge in [0.05, 0.1) is 17.0 Å². The number of rotatable bonds is 1. The van der Waals surface area contributed by atoms with Crippen LogP contribution in [0.1, 0.15) is 47.9 Å². The second-order valence-corrected chi connectivity index (χ2v) is 7.35. The van der Waals surface area contributed by atoms with Gasteiger partial charge in [-0.3, -0.25) is 4.79 Å². The van der Waals surface area contributed by atoms with E-state index in [4.69, 9.17) is 0 Å². The third-order valence-corrected chi connectivity index (χ3v) is 5.50. The maximum Gasteiger partial charge on any atom is 0.391 e. The number of hydrogen-bond donors (Lipinski definition) is 2. The zero-order valence-corrected chi connectivity index (χ0v) is 14.5. The SMILES string of the molecule is Cc1cc(C)c(C2=C(O)C3(CCC(C(F)(F)F)CC3)NC2=O)c(C)c1. The first kappa shape index (κ1) is 17.8. The molecule has 136 valence electrons. The summed E-state index contributed by atoms with van der Waals surface area (Å²) in [6.07, 6.45) is -4.21. The maximum atomic E-state index is 12.9. The van der Waals surface area contributed by atoms with Gasteiger partial charge in [-0.25, -0.2) is 0 Å². The van der Waals surface area contributed by atoms with Crippen molar-refractivity contribution in [3.63, 3.8) is 0 Å². The van der Waals surface area contributed by atoms with Crippen LogP contribution in [0.15, 0.2) is 17.9 Å². The number of aliphatic hydroxyl groups excluding tert-OH is 1. The van der Waals surface area contributed by atoms with Crippen molar-refractivity contribution in [3.05, 3.63) is 40.1 Å². The highest BCUT2D eigenvalue weighted by molar-refractivity contribution is 6.24. The number of halogens is 3. The highest BCUT2D eigenvalue weighted by Crippen LogP contribution is 2.47. The van der Waals surface area contributed by atoms with Crippen LogP contribution in [-0.4, -0.2) is 22.7 Å². The molecule has 0 bridgehead atoms. The fraction of sp³-hybridized carbons (Fsp3) is 0.526. The van der Waals surface area contributed by atoms with Crippen LogP contribution in [0.5, 0.6) is 0 Å². The van der Waals surface area contributed by atoms with Gasteiger partial charge in [0, 0.05) is 0 Å². The molecule has 0 atom stereocenters. The van der Waals surface area contributed by atoms with Crippen LogP contribution < -0.4 is 5.32 Å². The number of amides is 1. The fourth-order valence-electron chi connectivity index (χ4n) is 4.29. The average Bonchev–Trinajstić information content (AvgIpc) is 2.70. The van der Waals surface area contributed by atoms with Gasteiger partial charge >= 0.3 is 6.18 Å². The van der Waals surface area contributed by atoms with Gasteiger partial charge in [0.25, 0.3) is 5.91 Å². The number of aliphatic hydroxyl groups is 1. The van der Waals surface area contributed by atoms with E-state index in [9.17, 15) is 23.1 Å². The molecule has 1 aromatic carbocycles. The Morgan fingerprint density at radius 2 is 1.64 bits per heavy atom. The zero-order chi connectivity index (χ0) is 18.6. The largest absolute Gasteiger partial charge is 0.509 e. The zero-order valence-electron chi connectivity index (χ0n) is 14.5. The first-order chi connectivity index (χ1) is 11.5. The van der Waals surface area contributed by atoms with Crippen molar-refractivity contribution in [1.29, 1.82) is 0 Å². The molecule has 1 aliphatic carbocycles. The van der Waals surface area contributed by atoms with Crippen molar-refractivity contribution < 1.29 is 23.1 Å². The van der Waals surface area contributed by atoms with Crippen LogP contribution in [0.4, 0.5) is 13.2 Å². The summed E-state index contributed by atoms with van der Waals surface area (Å²) in [7, 11) is 0. The molecular weight excluding hydrogens is 331 g/mol. The first-order valence-electron chi connectivity index (χ1n) is 8.46. The lowest BCUT2D eigenvalue weighted by Gasteiger charge is -2.37. The lowest BCUT2D eigenvalue weighted by molar-refractivity contribution is -0.184. The van der Waals surface area contributed by atoms with E-state index in [-0.39, 0.29) is 37.0 Å². The highest BCUT2D eigenvalue weighted by Gasteiger charge is 2.52. The first-order valence-corrected chi connectivity index (χ1v) is 8.46. The smallest absolute Gasteiger partial charge is 0.391 e. The van der Waals surface area contributed by atoms with Gasteiger partial charge in [-0.1, -0.05) is 17.7 Å². The second-order valence-electron chi connectivity index (χ2n) is 7.35. The monoisotopic (exact) mass is 353 g/mol. The van der Waals surface area contributed by atoms with Crippen molar-refractivity contribution in [2.24, 2.45) is 5.92 Å². The molecular formula is C19H22F3NO2. The Bertz CT molecular complexity index is 733. The fourth-order valence-corrected chi connectivity index (χ4v) is 4.29. The van der Waals surface area contributed by atoms with Gasteiger partial charge < -0.3 is 10.4 Å². The Morgan fingerprint density at radius 1 is 1.12 bits per heavy atom. The quantitative estimate of drug-likeness (QED) is 0.781. The summed E-state index contributed by atoms with van der Waals surface area (Å²) >= 11 is 0. The molecule has 1 spiro atoms. The van der Waals surface area contributed by atoms with E-state index in [1.165, 1.54) is 0 Å². The van der Waals surface area contributed by atoms with E-state index in [0.29, 0.717) is 5.56 Å². The number of nitrogens with one attached hydrogen (secondary N) is 1. The molecule has 25 heavy (non-hydrogen) atoms. The third kappa shape index (κ3) is 2.92. The molecule has 0 radical (unpaired) electrons. The number of carbonyl (C=O) groups is 1. The normalized spacial score (nSPS) is 27.1. The molecule has 0 saturated heterocycles. The highest BCUT2D eigenvalue weighted by atomic mass is 19.4. The molecule has 6 heteroatoms. The predicted molar refractivity (Wildman–Crippen MR) is 89.1 cm³/mol. The molecule has 0 unspecified atom stereocenters. The van der Waals surface area contributed by atoms with Crippen molar-refractivity contribution >= 4 is 11.5 Å². The summed E-state index contributed by atoms with van der Waals surface area (Å²) < 4.78 is 38.7. The van der Waals surface area contributed by atoms with Crippen molar-refractivity contribution in [2.45, 2.75) is 58.2 Å². The van der Waals surface area contributed by atoms with E-state index in [1.807, 2.05) is 32.9 Å². The topological polar surface area (TPSA) is 49.3 Å². The average molecular weight is 353 g/mol. The maximum absolute atomic E-state index is 12.9. The molecule has 1 saturated carbocycles. The van der Waals surface area contributed by atoms with Gasteiger partial charge in [0.1, 0.15) is 5.76 Å². The molecule has 1 heterocycles. The van der Waals surface area contributed by atoms with Crippen molar-refractivity contribution in [2.75, 3.05) is 0 Å². The summed E-state index contributed by atoms with van der Waals surface area (Å²) in [6, 6.07) is 3.86. The van der Waals surface area contributed by atoms with Gasteiger partial charge in [-0.15, -0.1) is 0 Å². The Hall–Kier alpha value is -1.98. The molecule has 1 aromatic rings. The minimum Gasteiger partial charge on any atom is -0.509 e. The lowest BCUT2D eigenvalue weighted by atomic mass is 9.75. The van der Waals surface area contributed by atoms with E-state index < -0.39 is 23.5 Å².